The molecular formula is C33H49N7O6. The van der Waals surface area contributed by atoms with E-state index in [1.54, 1.807) is 0 Å². The Morgan fingerprint density at radius 1 is 1.02 bits per heavy atom. The molecule has 4 rings (SSSR count). The Bertz CT molecular complexity index is 1340. The fourth-order valence-electron chi connectivity index (χ4n) is 7.34. The van der Waals surface area contributed by atoms with Crippen LogP contribution in [0.5, 0.6) is 0 Å². The van der Waals surface area contributed by atoms with Gasteiger partial charge in [0, 0.05) is 18.9 Å². The summed E-state index contributed by atoms with van der Waals surface area (Å²) in [6.07, 6.45) is 9.37. The van der Waals surface area contributed by atoms with Gasteiger partial charge in [-0.15, -0.1) is 0 Å². The predicted molar refractivity (Wildman–Crippen MR) is 169 cm³/mol. The second-order valence-corrected chi connectivity index (χ2v) is 14.7. The number of piperidine rings is 1. The van der Waals surface area contributed by atoms with Crippen molar-refractivity contribution in [2.75, 3.05) is 6.54 Å². The van der Waals surface area contributed by atoms with Crippen LogP contribution >= 0.6 is 0 Å². The summed E-state index contributed by atoms with van der Waals surface area (Å²) in [5.41, 5.74) is 4.38. The van der Waals surface area contributed by atoms with Crippen molar-refractivity contribution in [3.63, 3.8) is 0 Å². The monoisotopic (exact) mass is 639 g/mol. The van der Waals surface area contributed by atoms with Gasteiger partial charge in [0.15, 0.2) is 0 Å². The van der Waals surface area contributed by atoms with Crippen LogP contribution in [-0.4, -0.2) is 80.9 Å². The van der Waals surface area contributed by atoms with Crippen LogP contribution in [0.1, 0.15) is 97.0 Å². The Morgan fingerprint density at radius 3 is 2.26 bits per heavy atom. The Morgan fingerprint density at radius 2 is 1.70 bits per heavy atom. The summed E-state index contributed by atoms with van der Waals surface area (Å²) < 4.78 is 0. The number of nitrogens with two attached hydrogens (primary N) is 1. The number of hydrogen-bond donors (Lipinski definition) is 4. The van der Waals surface area contributed by atoms with Gasteiger partial charge < -0.3 is 26.6 Å². The second kappa shape index (κ2) is 13.8. The lowest BCUT2D eigenvalue weighted by Gasteiger charge is -2.39. The van der Waals surface area contributed by atoms with E-state index < -0.39 is 64.9 Å². The number of ketones is 1. The maximum atomic E-state index is 14.4. The number of Topliss-reactive ketones (excluding diaryl/α,β-unsaturated/α-hetero) is 1. The van der Waals surface area contributed by atoms with Crippen LogP contribution < -0.4 is 21.7 Å². The molecule has 1 aromatic heterocycles. The molecule has 0 bridgehead atoms. The third kappa shape index (κ3) is 7.39. The lowest BCUT2D eigenvalue weighted by molar-refractivity contribution is -0.146. The molecule has 2 saturated carbocycles. The molecule has 6 unspecified atom stereocenters. The number of carbonyl (C=O) groups excluding carboxylic acids is 6. The van der Waals surface area contributed by atoms with E-state index in [0.717, 1.165) is 32.1 Å². The summed E-state index contributed by atoms with van der Waals surface area (Å²) in [6, 6.07) is -3.89. The molecule has 2 aliphatic carbocycles. The number of hydrogen-bond acceptors (Lipinski definition) is 8. The lowest BCUT2D eigenvalue weighted by atomic mass is 9.82. The first-order valence-electron chi connectivity index (χ1n) is 16.4. The van der Waals surface area contributed by atoms with Crippen LogP contribution in [0.2, 0.25) is 0 Å². The number of carbonyl (C=O) groups is 6. The molecule has 1 aromatic rings. The van der Waals surface area contributed by atoms with Crippen LogP contribution in [-0.2, 0) is 24.0 Å². The summed E-state index contributed by atoms with van der Waals surface area (Å²) in [5.74, 6) is -4.16. The summed E-state index contributed by atoms with van der Waals surface area (Å²) in [5, 5.41) is 8.53. The van der Waals surface area contributed by atoms with Crippen LogP contribution in [0.15, 0.2) is 18.6 Å². The molecule has 0 aromatic carbocycles. The van der Waals surface area contributed by atoms with Gasteiger partial charge in [-0.05, 0) is 47.8 Å². The van der Waals surface area contributed by atoms with Gasteiger partial charge in [0.2, 0.25) is 23.5 Å². The molecule has 1 saturated heterocycles. The van der Waals surface area contributed by atoms with E-state index in [4.69, 9.17) is 5.73 Å². The molecule has 252 valence electrons. The van der Waals surface area contributed by atoms with Gasteiger partial charge in [-0.3, -0.25) is 33.8 Å². The molecule has 0 radical (unpaired) electrons. The van der Waals surface area contributed by atoms with Crippen molar-refractivity contribution in [1.82, 2.24) is 30.8 Å². The van der Waals surface area contributed by atoms with Gasteiger partial charge in [0.25, 0.3) is 11.8 Å². The SMILES string of the molecule is CCCC(NC(=O)C1C2C(CN1C(=O)C(NC(=O)C(NC(=O)c1cnccn1)C1CCCCC1)C(C)(C)C)C2(C)C)C(=O)C(N)=O. The largest absolute Gasteiger partial charge is 0.363 e. The summed E-state index contributed by atoms with van der Waals surface area (Å²) >= 11 is 0. The fourth-order valence-corrected chi connectivity index (χ4v) is 7.34. The summed E-state index contributed by atoms with van der Waals surface area (Å²) in [7, 11) is 0. The first kappa shape index (κ1) is 35.0. The topological polar surface area (TPSA) is 194 Å². The van der Waals surface area contributed by atoms with Crippen LogP contribution in [0.25, 0.3) is 0 Å². The molecule has 3 aliphatic rings. The first-order chi connectivity index (χ1) is 21.6. The van der Waals surface area contributed by atoms with Crippen LogP contribution in [0.3, 0.4) is 0 Å². The first-order valence-corrected chi connectivity index (χ1v) is 16.4. The van der Waals surface area contributed by atoms with Crippen molar-refractivity contribution >= 4 is 35.3 Å². The zero-order chi connectivity index (χ0) is 34.0. The molecule has 13 nitrogen and oxygen atoms in total. The highest BCUT2D eigenvalue weighted by Crippen LogP contribution is 2.65. The minimum absolute atomic E-state index is 0.0567. The molecular weight excluding hydrogens is 590 g/mol. The number of fused-ring (bicyclic) bond motifs is 1. The van der Waals surface area contributed by atoms with Crippen molar-refractivity contribution in [2.45, 2.75) is 111 Å². The Hall–Kier alpha value is -3.90. The molecule has 0 spiro atoms. The van der Waals surface area contributed by atoms with Crippen molar-refractivity contribution in [1.29, 1.82) is 0 Å². The molecule has 13 heteroatoms. The van der Waals surface area contributed by atoms with E-state index >= 15 is 0 Å². The highest BCUT2D eigenvalue weighted by molar-refractivity contribution is 6.37. The third-order valence-electron chi connectivity index (χ3n) is 10.1. The van der Waals surface area contributed by atoms with E-state index in [-0.39, 0.29) is 35.3 Å². The Balaban J connectivity index is 1.58. The van der Waals surface area contributed by atoms with Gasteiger partial charge >= 0.3 is 0 Å². The molecule has 46 heavy (non-hydrogen) atoms. The molecule has 5 amide bonds. The van der Waals surface area contributed by atoms with Gasteiger partial charge in [-0.2, -0.15) is 0 Å². The lowest BCUT2D eigenvalue weighted by Crippen LogP contribution is -2.62. The van der Waals surface area contributed by atoms with E-state index in [1.807, 2.05) is 41.5 Å². The van der Waals surface area contributed by atoms with Gasteiger partial charge in [-0.25, -0.2) is 4.98 Å². The van der Waals surface area contributed by atoms with Crippen LogP contribution in [0.4, 0.5) is 0 Å². The number of likely N-dealkylation sites (tertiary alicyclic amines) is 1. The molecule has 3 fully saturated rings. The summed E-state index contributed by atoms with van der Waals surface area (Å²) in [4.78, 5) is 89.0. The average Bonchev–Trinajstić information content (AvgIpc) is 3.33. The van der Waals surface area contributed by atoms with Crippen molar-refractivity contribution < 1.29 is 28.8 Å². The van der Waals surface area contributed by atoms with Gasteiger partial charge in [0.05, 0.1) is 12.2 Å². The number of aromatic nitrogens is 2. The molecule has 2 heterocycles. The quantitative estimate of drug-likeness (QED) is 0.247. The Kier molecular flexibility index (Phi) is 10.5. The number of rotatable bonds is 12. The smallest absolute Gasteiger partial charge is 0.287 e. The van der Waals surface area contributed by atoms with E-state index in [2.05, 4.69) is 25.9 Å². The molecule has 1 aliphatic heterocycles. The highest BCUT2D eigenvalue weighted by Gasteiger charge is 2.70. The number of nitrogens with one attached hydrogen (secondary N) is 3. The maximum Gasteiger partial charge on any atom is 0.287 e. The van der Waals surface area contributed by atoms with Crippen molar-refractivity contribution in [3.8, 4) is 0 Å². The predicted octanol–water partition coefficient (Wildman–Crippen LogP) is 1.51. The number of amides is 5. The van der Waals surface area contributed by atoms with Crippen molar-refractivity contribution in [2.24, 2.45) is 34.3 Å². The Labute approximate surface area is 270 Å². The zero-order valence-electron chi connectivity index (χ0n) is 27.8. The number of primary amides is 1. The van der Waals surface area contributed by atoms with Crippen molar-refractivity contribution in [3.05, 3.63) is 24.3 Å². The van der Waals surface area contributed by atoms with E-state index in [1.165, 1.54) is 23.5 Å². The van der Waals surface area contributed by atoms with Gasteiger partial charge in [0.1, 0.15) is 23.8 Å². The number of nitrogens with zero attached hydrogens (tertiary/aromatic N) is 3. The van der Waals surface area contributed by atoms with E-state index in [0.29, 0.717) is 13.0 Å². The molecule has 5 N–H and O–H groups in total. The zero-order valence-corrected chi connectivity index (χ0v) is 27.8. The highest BCUT2D eigenvalue weighted by atomic mass is 16.2. The standard InChI is InChI=1S/C33H49N7O6/c1-7-11-20(25(41)27(34)42)37-30(45)24-22-19(33(22,5)6)17-40(24)31(46)26(32(2,3)4)39-29(44)23(18-12-9-8-10-13-18)38-28(43)21-16-35-14-15-36-21/h14-16,18-20,22-24,26H,7-13,17H2,1-6H3,(H2,34,42)(H,37,45)(H,38,43)(H,39,44). The normalized spacial score (nSPS) is 24.1. The van der Waals surface area contributed by atoms with E-state index in [9.17, 15) is 28.8 Å². The fraction of sp³-hybridized carbons (Fsp3) is 0.697. The minimum atomic E-state index is -1.13. The van der Waals surface area contributed by atoms with Crippen LogP contribution in [0, 0.1) is 28.6 Å². The van der Waals surface area contributed by atoms with Gasteiger partial charge in [-0.1, -0.05) is 67.2 Å². The second-order valence-electron chi connectivity index (χ2n) is 14.7. The minimum Gasteiger partial charge on any atom is -0.363 e. The summed E-state index contributed by atoms with van der Waals surface area (Å²) in [6.45, 7) is 11.7. The molecule has 6 atom stereocenters. The average molecular weight is 640 g/mol. The third-order valence-corrected chi connectivity index (χ3v) is 10.1. The maximum absolute atomic E-state index is 14.4.